The lowest BCUT2D eigenvalue weighted by atomic mass is 10.0. The summed E-state index contributed by atoms with van der Waals surface area (Å²) < 4.78 is 22.5. The van der Waals surface area contributed by atoms with E-state index >= 15 is 0 Å². The molecule has 0 unspecified atom stereocenters. The summed E-state index contributed by atoms with van der Waals surface area (Å²) in [5.74, 6) is 0.0941. The van der Waals surface area contributed by atoms with E-state index in [1.165, 1.54) is 25.5 Å². The van der Waals surface area contributed by atoms with Gasteiger partial charge in [-0.25, -0.2) is 9.78 Å². The molecule has 10 nitrogen and oxygen atoms in total. The second-order valence-electron chi connectivity index (χ2n) is 8.71. The molecule has 0 spiro atoms. The number of aromatic nitrogens is 1. The molecule has 0 bridgehead atoms. The van der Waals surface area contributed by atoms with E-state index in [0.29, 0.717) is 37.3 Å². The summed E-state index contributed by atoms with van der Waals surface area (Å²) in [7, 11) is 1.40. The van der Waals surface area contributed by atoms with Gasteiger partial charge in [0.2, 0.25) is 5.88 Å². The van der Waals surface area contributed by atoms with E-state index in [2.05, 4.69) is 10.3 Å². The molecular formula is C26H24ClN3O7. The molecule has 192 valence electrons. The number of furan rings is 1. The van der Waals surface area contributed by atoms with Gasteiger partial charge in [0.1, 0.15) is 24.0 Å². The van der Waals surface area contributed by atoms with Gasteiger partial charge in [-0.15, -0.1) is 0 Å². The minimum absolute atomic E-state index is 0.0498. The van der Waals surface area contributed by atoms with E-state index in [0.717, 1.165) is 5.56 Å². The van der Waals surface area contributed by atoms with Gasteiger partial charge in [0.15, 0.2) is 17.7 Å². The van der Waals surface area contributed by atoms with Crippen LogP contribution in [0.4, 0.5) is 4.79 Å². The Hall–Kier alpha value is -4.05. The molecule has 1 aromatic carbocycles. The number of amides is 2. The number of hydrogen-bond acceptors (Lipinski definition) is 8. The zero-order valence-electron chi connectivity index (χ0n) is 19.9. The summed E-state index contributed by atoms with van der Waals surface area (Å²) in [6.45, 7) is 1.05. The van der Waals surface area contributed by atoms with Crippen molar-refractivity contribution in [2.45, 2.75) is 31.5 Å². The Bertz CT molecular complexity index is 1320. The van der Waals surface area contributed by atoms with Crippen molar-refractivity contribution in [3.63, 3.8) is 0 Å². The van der Waals surface area contributed by atoms with Crippen LogP contribution < -0.4 is 14.8 Å². The van der Waals surface area contributed by atoms with Crippen LogP contribution in [-0.4, -0.2) is 60.6 Å². The van der Waals surface area contributed by atoms with Crippen molar-refractivity contribution in [1.82, 2.24) is 15.2 Å². The summed E-state index contributed by atoms with van der Waals surface area (Å²) in [4.78, 5) is 42.8. The first-order valence-electron chi connectivity index (χ1n) is 11.7. The molecule has 2 aliphatic heterocycles. The van der Waals surface area contributed by atoms with Crippen molar-refractivity contribution in [3.8, 4) is 23.1 Å². The molecule has 0 radical (unpaired) electrons. The number of rotatable bonds is 8. The Morgan fingerprint density at radius 3 is 2.86 bits per heavy atom. The number of nitrogens with one attached hydrogen (secondary N) is 1. The highest BCUT2D eigenvalue weighted by Crippen LogP contribution is 2.37. The van der Waals surface area contributed by atoms with E-state index in [-0.39, 0.29) is 59.0 Å². The van der Waals surface area contributed by atoms with Crippen molar-refractivity contribution in [2.75, 3.05) is 20.3 Å². The third-order valence-corrected chi connectivity index (χ3v) is 6.64. The Balaban J connectivity index is 1.45. The summed E-state index contributed by atoms with van der Waals surface area (Å²) in [6, 6.07) is 10.1. The van der Waals surface area contributed by atoms with E-state index in [4.69, 9.17) is 30.2 Å². The fourth-order valence-electron chi connectivity index (χ4n) is 4.48. The molecule has 1 N–H and O–H groups in total. The molecule has 3 aromatic rings. The number of halogens is 1. The molecule has 4 heterocycles. The summed E-state index contributed by atoms with van der Waals surface area (Å²) in [6.07, 6.45) is 2.56. The van der Waals surface area contributed by atoms with Crippen LogP contribution >= 0.6 is 11.6 Å². The van der Waals surface area contributed by atoms with Crippen molar-refractivity contribution in [3.05, 3.63) is 64.4 Å². The topological polar surface area (TPSA) is 120 Å². The molecule has 2 saturated heterocycles. The lowest BCUT2D eigenvalue weighted by Gasteiger charge is -2.32. The first-order chi connectivity index (χ1) is 18.0. The SMILES string of the molecule is COc1nc(-c2occc2C=O)c(O[C@H]2CCN3C(=O)OC[C@@H]3C2)cc1C(=O)NCc1ccc(Cl)cc1. The second kappa shape index (κ2) is 10.5. The molecule has 37 heavy (non-hydrogen) atoms. The van der Waals surface area contributed by atoms with Crippen molar-refractivity contribution >= 4 is 29.9 Å². The monoisotopic (exact) mass is 525 g/mol. The Morgan fingerprint density at radius 1 is 1.30 bits per heavy atom. The van der Waals surface area contributed by atoms with Gasteiger partial charge >= 0.3 is 6.09 Å². The van der Waals surface area contributed by atoms with Gasteiger partial charge in [-0.2, -0.15) is 0 Å². The second-order valence-corrected chi connectivity index (χ2v) is 9.15. The van der Waals surface area contributed by atoms with Crippen molar-refractivity contribution in [2.24, 2.45) is 0 Å². The highest BCUT2D eigenvalue weighted by molar-refractivity contribution is 6.30. The van der Waals surface area contributed by atoms with E-state index in [1.807, 2.05) is 12.1 Å². The van der Waals surface area contributed by atoms with Crippen LogP contribution in [0.1, 0.15) is 39.1 Å². The Morgan fingerprint density at radius 2 is 2.11 bits per heavy atom. The predicted molar refractivity (Wildman–Crippen MR) is 132 cm³/mol. The average molecular weight is 526 g/mol. The van der Waals surface area contributed by atoms with Crippen LogP contribution in [0.3, 0.4) is 0 Å². The Labute approximate surface area is 217 Å². The average Bonchev–Trinajstić information content (AvgIpc) is 3.54. The maximum Gasteiger partial charge on any atom is 0.410 e. The fourth-order valence-corrected chi connectivity index (χ4v) is 4.61. The number of hydrogen-bond donors (Lipinski definition) is 1. The molecular weight excluding hydrogens is 502 g/mol. The van der Waals surface area contributed by atoms with Crippen LogP contribution in [0.25, 0.3) is 11.5 Å². The number of pyridine rings is 1. The molecule has 2 fully saturated rings. The lowest BCUT2D eigenvalue weighted by Crippen LogP contribution is -2.44. The summed E-state index contributed by atoms with van der Waals surface area (Å²) in [5.41, 5.74) is 1.54. The molecule has 5 rings (SSSR count). The zero-order valence-corrected chi connectivity index (χ0v) is 20.7. The normalized spacial score (nSPS) is 18.6. The molecule has 0 saturated carbocycles. The molecule has 2 aromatic heterocycles. The van der Waals surface area contributed by atoms with Crippen molar-refractivity contribution in [1.29, 1.82) is 0 Å². The molecule has 11 heteroatoms. The van der Waals surface area contributed by atoms with Gasteiger partial charge in [-0.1, -0.05) is 23.7 Å². The molecule has 2 atom stereocenters. The van der Waals surface area contributed by atoms with E-state index in [9.17, 15) is 14.4 Å². The summed E-state index contributed by atoms with van der Waals surface area (Å²) >= 11 is 5.94. The number of aldehydes is 1. The van der Waals surface area contributed by atoms with Gasteiger partial charge in [0.05, 0.1) is 25.0 Å². The van der Waals surface area contributed by atoms with Gasteiger partial charge in [0, 0.05) is 37.0 Å². The van der Waals surface area contributed by atoms with Gasteiger partial charge in [0.25, 0.3) is 5.91 Å². The van der Waals surface area contributed by atoms with Gasteiger partial charge in [-0.05, 0) is 23.8 Å². The smallest absolute Gasteiger partial charge is 0.410 e. The van der Waals surface area contributed by atoms with Crippen LogP contribution in [0.5, 0.6) is 11.6 Å². The number of fused-ring (bicyclic) bond motifs is 1. The number of nitrogens with zero attached hydrogens (tertiary/aromatic N) is 2. The predicted octanol–water partition coefficient (Wildman–Crippen LogP) is 4.11. The quantitative estimate of drug-likeness (QED) is 0.436. The first-order valence-corrected chi connectivity index (χ1v) is 12.1. The van der Waals surface area contributed by atoms with Crippen molar-refractivity contribution < 1.29 is 33.0 Å². The summed E-state index contributed by atoms with van der Waals surface area (Å²) in [5, 5.41) is 3.46. The fraction of sp³-hybridized carbons (Fsp3) is 0.308. The highest BCUT2D eigenvalue weighted by atomic mass is 35.5. The maximum absolute atomic E-state index is 13.2. The lowest BCUT2D eigenvalue weighted by molar-refractivity contribution is 0.0912. The van der Waals surface area contributed by atoms with Crippen LogP contribution in [0, 0.1) is 0 Å². The van der Waals surface area contributed by atoms with Crippen LogP contribution in [0.2, 0.25) is 5.02 Å². The molecule has 2 amide bonds. The maximum atomic E-state index is 13.2. The first kappa shape index (κ1) is 24.6. The van der Waals surface area contributed by atoms with Gasteiger partial charge in [-0.3, -0.25) is 9.59 Å². The largest absolute Gasteiger partial charge is 0.488 e. The van der Waals surface area contributed by atoms with E-state index in [1.54, 1.807) is 17.0 Å². The van der Waals surface area contributed by atoms with Gasteiger partial charge < -0.3 is 28.8 Å². The minimum atomic E-state index is -0.421. The molecule has 2 aliphatic rings. The van der Waals surface area contributed by atoms with Crippen LogP contribution in [-0.2, 0) is 11.3 Å². The number of methoxy groups -OCH3 is 1. The number of cyclic esters (lactones) is 1. The third kappa shape index (κ3) is 5.10. The number of carbonyl (C=O) groups is 3. The Kier molecular flexibility index (Phi) is 7.00. The third-order valence-electron chi connectivity index (χ3n) is 6.39. The van der Waals surface area contributed by atoms with E-state index < -0.39 is 5.91 Å². The van der Waals surface area contributed by atoms with Crippen LogP contribution in [0.15, 0.2) is 47.1 Å². The number of ether oxygens (including phenoxy) is 3. The number of carbonyl (C=O) groups excluding carboxylic acids is 3. The number of piperidine rings is 1. The minimum Gasteiger partial charge on any atom is -0.488 e. The number of benzene rings is 1. The zero-order chi connectivity index (χ0) is 25.9. The molecule has 0 aliphatic carbocycles. The highest BCUT2D eigenvalue weighted by Gasteiger charge is 2.39. The standard InChI is InChI=1S/C26H24ClN3O7/c1-34-25-20(24(32)28-12-15-2-4-17(27)5-3-15)11-21(22(29-25)23-16(13-31)7-9-35-23)37-19-6-8-30-18(10-19)14-36-26(30)33/h2-5,7,9,11,13,18-19H,6,8,10,12,14H2,1H3,(H,28,32)/t18-,19-/m0/s1.